The smallest absolute Gasteiger partial charge is 0.266 e. The number of nitrogens with zero attached hydrogens (tertiary/aromatic N) is 1. The summed E-state index contributed by atoms with van der Waals surface area (Å²) in [5.74, 6) is -0.118. The summed E-state index contributed by atoms with van der Waals surface area (Å²) < 4.78 is 5.58. The number of aromatic amines is 1. The molecule has 0 aliphatic rings. The van der Waals surface area contributed by atoms with Crippen LogP contribution in [0.1, 0.15) is 0 Å². The van der Waals surface area contributed by atoms with Crippen LogP contribution in [0.5, 0.6) is 5.75 Å². The highest BCUT2D eigenvalue weighted by atomic mass is 35.5. The molecule has 0 saturated carbocycles. The summed E-state index contributed by atoms with van der Waals surface area (Å²) in [7, 11) is 0. The van der Waals surface area contributed by atoms with Crippen molar-refractivity contribution in [1.82, 2.24) is 9.97 Å². The van der Waals surface area contributed by atoms with Gasteiger partial charge < -0.3 is 14.5 Å². The number of halogens is 1. The lowest BCUT2D eigenvalue weighted by Gasteiger charge is -2.05. The molecule has 23 heavy (non-hydrogen) atoms. The Labute approximate surface area is 138 Å². The standard InChI is InChI=1S/C16H9ClN2O3S/c17-8-5-6-9-11(7-8)18-15(21)14(13(9)20)23-16-19-10-3-1-2-4-12(10)22-16/h1-7H,(H2,18,20,21). The Morgan fingerprint density at radius 3 is 2.87 bits per heavy atom. The number of aromatic hydroxyl groups is 1. The van der Waals surface area contributed by atoms with Crippen molar-refractivity contribution in [2.75, 3.05) is 0 Å². The predicted molar refractivity (Wildman–Crippen MR) is 89.4 cm³/mol. The molecule has 0 radical (unpaired) electrons. The predicted octanol–water partition coefficient (Wildman–Crippen LogP) is 4.18. The van der Waals surface area contributed by atoms with Gasteiger partial charge in [-0.1, -0.05) is 23.7 Å². The third kappa shape index (κ3) is 2.46. The maximum absolute atomic E-state index is 12.2. The molecule has 4 aromatic rings. The van der Waals surface area contributed by atoms with Gasteiger partial charge in [-0.15, -0.1) is 0 Å². The first kappa shape index (κ1) is 14.2. The summed E-state index contributed by atoms with van der Waals surface area (Å²) >= 11 is 6.89. The summed E-state index contributed by atoms with van der Waals surface area (Å²) in [4.78, 5) is 19.4. The largest absolute Gasteiger partial charge is 0.506 e. The van der Waals surface area contributed by atoms with Gasteiger partial charge in [0, 0.05) is 10.4 Å². The third-order valence-corrected chi connectivity index (χ3v) is 4.54. The Bertz CT molecular complexity index is 1070. The number of para-hydroxylation sites is 2. The van der Waals surface area contributed by atoms with Crippen LogP contribution in [0.2, 0.25) is 5.02 Å². The number of fused-ring (bicyclic) bond motifs is 2. The van der Waals surface area contributed by atoms with Crippen LogP contribution in [-0.2, 0) is 0 Å². The van der Waals surface area contributed by atoms with Gasteiger partial charge in [0.15, 0.2) is 5.58 Å². The van der Waals surface area contributed by atoms with E-state index in [1.807, 2.05) is 18.2 Å². The number of hydrogen-bond acceptors (Lipinski definition) is 5. The summed E-state index contributed by atoms with van der Waals surface area (Å²) in [6, 6.07) is 12.2. The lowest BCUT2D eigenvalue weighted by Crippen LogP contribution is -2.08. The zero-order chi connectivity index (χ0) is 16.0. The van der Waals surface area contributed by atoms with Crippen molar-refractivity contribution in [2.24, 2.45) is 0 Å². The maximum atomic E-state index is 12.2. The third-order valence-electron chi connectivity index (χ3n) is 3.37. The Morgan fingerprint density at radius 2 is 2.04 bits per heavy atom. The number of pyridine rings is 1. The maximum Gasteiger partial charge on any atom is 0.266 e. The molecule has 0 spiro atoms. The van der Waals surface area contributed by atoms with Crippen molar-refractivity contribution >= 4 is 45.4 Å². The molecule has 0 fully saturated rings. The van der Waals surface area contributed by atoms with Gasteiger partial charge in [0.1, 0.15) is 16.2 Å². The van der Waals surface area contributed by atoms with Crippen molar-refractivity contribution in [1.29, 1.82) is 0 Å². The van der Waals surface area contributed by atoms with Crippen LogP contribution in [-0.4, -0.2) is 15.1 Å². The van der Waals surface area contributed by atoms with Crippen molar-refractivity contribution in [3.63, 3.8) is 0 Å². The molecule has 7 heteroatoms. The lowest BCUT2D eigenvalue weighted by molar-refractivity contribution is 0.463. The molecule has 114 valence electrons. The fourth-order valence-electron chi connectivity index (χ4n) is 2.31. The molecule has 2 heterocycles. The number of oxazole rings is 1. The fourth-order valence-corrected chi connectivity index (χ4v) is 3.28. The Kier molecular flexibility index (Phi) is 3.28. The van der Waals surface area contributed by atoms with Crippen molar-refractivity contribution in [3.8, 4) is 5.75 Å². The zero-order valence-electron chi connectivity index (χ0n) is 11.5. The minimum atomic E-state index is -0.426. The highest BCUT2D eigenvalue weighted by Crippen LogP contribution is 2.36. The highest BCUT2D eigenvalue weighted by Gasteiger charge is 2.16. The molecule has 0 unspecified atom stereocenters. The number of H-pyrrole nitrogens is 1. The van der Waals surface area contributed by atoms with E-state index in [1.165, 1.54) is 0 Å². The number of rotatable bonds is 2. The molecular formula is C16H9ClN2O3S. The average Bonchev–Trinajstić information content (AvgIpc) is 2.93. The SMILES string of the molecule is O=c1[nH]c2cc(Cl)ccc2c(O)c1Sc1nc2ccccc2o1. The van der Waals surface area contributed by atoms with Gasteiger partial charge in [0.25, 0.3) is 10.8 Å². The highest BCUT2D eigenvalue weighted by molar-refractivity contribution is 7.99. The molecule has 2 aromatic carbocycles. The molecule has 5 nitrogen and oxygen atoms in total. The van der Waals surface area contributed by atoms with E-state index in [0.29, 0.717) is 32.2 Å². The average molecular weight is 345 g/mol. The minimum absolute atomic E-state index is 0.118. The van der Waals surface area contributed by atoms with Crippen molar-refractivity contribution < 1.29 is 9.52 Å². The first-order valence-corrected chi connectivity index (χ1v) is 7.89. The van der Waals surface area contributed by atoms with E-state index in [2.05, 4.69) is 9.97 Å². The number of nitrogens with one attached hydrogen (secondary N) is 1. The van der Waals surface area contributed by atoms with Crippen molar-refractivity contribution in [2.45, 2.75) is 10.1 Å². The first-order chi connectivity index (χ1) is 11.1. The van der Waals surface area contributed by atoms with Crippen LogP contribution < -0.4 is 5.56 Å². The van der Waals surface area contributed by atoms with Gasteiger partial charge in [-0.05, 0) is 42.1 Å². The molecule has 4 rings (SSSR count). The van der Waals surface area contributed by atoms with E-state index in [1.54, 1.807) is 24.3 Å². The summed E-state index contributed by atoms with van der Waals surface area (Å²) in [6.07, 6.45) is 0. The van der Waals surface area contributed by atoms with E-state index in [9.17, 15) is 9.90 Å². The monoisotopic (exact) mass is 344 g/mol. The van der Waals surface area contributed by atoms with Gasteiger partial charge >= 0.3 is 0 Å². The van der Waals surface area contributed by atoms with Gasteiger partial charge in [0.05, 0.1) is 5.52 Å². The molecular weight excluding hydrogens is 336 g/mol. The van der Waals surface area contributed by atoms with Gasteiger partial charge in [0.2, 0.25) is 0 Å². The van der Waals surface area contributed by atoms with Crippen LogP contribution in [0.4, 0.5) is 0 Å². The number of benzene rings is 2. The Balaban J connectivity index is 1.85. The van der Waals surface area contributed by atoms with Gasteiger partial charge in [-0.25, -0.2) is 4.98 Å². The van der Waals surface area contributed by atoms with E-state index in [0.717, 1.165) is 11.8 Å². The second-order valence-corrected chi connectivity index (χ2v) is 6.27. The first-order valence-electron chi connectivity index (χ1n) is 6.70. The molecule has 0 bridgehead atoms. The van der Waals surface area contributed by atoms with Gasteiger partial charge in [-0.2, -0.15) is 0 Å². The second kappa shape index (κ2) is 5.33. The summed E-state index contributed by atoms with van der Waals surface area (Å²) in [5, 5.41) is 11.7. The summed E-state index contributed by atoms with van der Waals surface area (Å²) in [6.45, 7) is 0. The Hall–Kier alpha value is -2.44. The lowest BCUT2D eigenvalue weighted by atomic mass is 10.2. The molecule has 0 amide bonds. The van der Waals surface area contributed by atoms with E-state index >= 15 is 0 Å². The number of aromatic nitrogens is 2. The zero-order valence-corrected chi connectivity index (χ0v) is 13.1. The molecule has 0 aliphatic heterocycles. The molecule has 2 N–H and O–H groups in total. The quantitative estimate of drug-likeness (QED) is 0.570. The molecule has 0 atom stereocenters. The summed E-state index contributed by atoms with van der Waals surface area (Å²) in [5.41, 5.74) is 1.36. The normalized spacial score (nSPS) is 11.3. The van der Waals surface area contributed by atoms with Crippen LogP contribution >= 0.6 is 23.4 Å². The molecule has 2 aromatic heterocycles. The van der Waals surface area contributed by atoms with Crippen LogP contribution in [0, 0.1) is 0 Å². The van der Waals surface area contributed by atoms with E-state index in [4.69, 9.17) is 16.0 Å². The number of hydrogen-bond donors (Lipinski definition) is 2. The molecule has 0 aliphatic carbocycles. The van der Waals surface area contributed by atoms with Crippen molar-refractivity contribution in [3.05, 3.63) is 57.8 Å². The topological polar surface area (TPSA) is 79.1 Å². The van der Waals surface area contributed by atoms with Crippen LogP contribution in [0.25, 0.3) is 22.0 Å². The van der Waals surface area contributed by atoms with E-state index in [-0.39, 0.29) is 10.6 Å². The van der Waals surface area contributed by atoms with Gasteiger partial charge in [-0.3, -0.25) is 4.79 Å². The Morgan fingerprint density at radius 1 is 1.22 bits per heavy atom. The minimum Gasteiger partial charge on any atom is -0.506 e. The second-order valence-electron chi connectivity index (χ2n) is 4.87. The van der Waals surface area contributed by atoms with Crippen LogP contribution in [0.3, 0.4) is 0 Å². The fraction of sp³-hybridized carbons (Fsp3) is 0. The van der Waals surface area contributed by atoms with E-state index < -0.39 is 5.56 Å². The van der Waals surface area contributed by atoms with Crippen LogP contribution in [0.15, 0.2) is 61.8 Å². The molecule has 0 saturated heterocycles.